The van der Waals surface area contributed by atoms with Gasteiger partial charge in [0.15, 0.2) is 11.5 Å². The summed E-state index contributed by atoms with van der Waals surface area (Å²) in [5, 5.41) is 11.5. The van der Waals surface area contributed by atoms with E-state index in [0.29, 0.717) is 30.4 Å². The molecule has 31 heavy (non-hydrogen) atoms. The Morgan fingerprint density at radius 1 is 1.23 bits per heavy atom. The number of carbonyl (C=O) groups excluding carboxylic acids is 1. The molecule has 1 aromatic carbocycles. The summed E-state index contributed by atoms with van der Waals surface area (Å²) in [6, 6.07) is 11.4. The molecule has 1 atom stereocenters. The standard InChI is InChI=1S/C21H25N5O3S2/c1-30-12-10-18(20-25-24-19-7-2-3-11-26(19)20)23-21(27)16-5-4-6-17(13-16)31(28,29)22-14-15-8-9-15/h2-7,11,13,15,18,22H,8-10,12,14H2,1H3,(H,23,27). The van der Waals surface area contributed by atoms with Gasteiger partial charge in [-0.05, 0) is 67.5 Å². The first-order valence-electron chi connectivity index (χ1n) is 10.2. The van der Waals surface area contributed by atoms with Crippen LogP contribution in [0.5, 0.6) is 0 Å². The van der Waals surface area contributed by atoms with Crippen molar-refractivity contribution in [3.8, 4) is 0 Å². The second-order valence-corrected chi connectivity index (χ2v) is 10.4. The van der Waals surface area contributed by atoms with Gasteiger partial charge in [0, 0.05) is 18.3 Å². The number of pyridine rings is 1. The van der Waals surface area contributed by atoms with Crippen molar-refractivity contribution in [1.82, 2.24) is 24.6 Å². The number of fused-ring (bicyclic) bond motifs is 1. The van der Waals surface area contributed by atoms with Gasteiger partial charge in [0.05, 0.1) is 10.9 Å². The molecular formula is C21H25N5O3S2. The Labute approximate surface area is 185 Å². The topological polar surface area (TPSA) is 105 Å². The molecule has 0 radical (unpaired) electrons. The van der Waals surface area contributed by atoms with E-state index in [1.165, 1.54) is 12.1 Å². The van der Waals surface area contributed by atoms with E-state index >= 15 is 0 Å². The first-order chi connectivity index (χ1) is 15.0. The maximum atomic E-state index is 13.0. The van der Waals surface area contributed by atoms with Crippen molar-refractivity contribution >= 4 is 33.3 Å². The van der Waals surface area contributed by atoms with Gasteiger partial charge in [-0.15, -0.1) is 10.2 Å². The highest BCUT2D eigenvalue weighted by atomic mass is 32.2. The van der Waals surface area contributed by atoms with Gasteiger partial charge < -0.3 is 5.32 Å². The molecule has 0 bridgehead atoms. The molecule has 0 saturated heterocycles. The number of hydrogen-bond acceptors (Lipinski definition) is 6. The van der Waals surface area contributed by atoms with E-state index in [0.717, 1.165) is 18.6 Å². The second kappa shape index (κ2) is 9.37. The van der Waals surface area contributed by atoms with E-state index in [2.05, 4.69) is 20.2 Å². The fourth-order valence-electron chi connectivity index (χ4n) is 3.28. The van der Waals surface area contributed by atoms with Crippen LogP contribution in [0.1, 0.15) is 41.5 Å². The van der Waals surface area contributed by atoms with Crippen LogP contribution in [-0.4, -0.2) is 47.5 Å². The van der Waals surface area contributed by atoms with Crippen LogP contribution in [-0.2, 0) is 10.0 Å². The first kappa shape index (κ1) is 21.8. The van der Waals surface area contributed by atoms with Gasteiger partial charge in [-0.1, -0.05) is 12.1 Å². The van der Waals surface area contributed by atoms with E-state index in [-0.39, 0.29) is 22.4 Å². The second-order valence-electron chi connectivity index (χ2n) is 7.62. The van der Waals surface area contributed by atoms with Crippen LogP contribution in [0.15, 0.2) is 53.6 Å². The fourth-order valence-corrected chi connectivity index (χ4v) is 4.91. The largest absolute Gasteiger partial charge is 0.342 e. The Hall–Kier alpha value is -2.43. The Morgan fingerprint density at radius 3 is 2.84 bits per heavy atom. The molecule has 2 N–H and O–H groups in total. The van der Waals surface area contributed by atoms with Crippen molar-refractivity contribution in [3.05, 3.63) is 60.0 Å². The molecule has 2 heterocycles. The van der Waals surface area contributed by atoms with E-state index in [9.17, 15) is 13.2 Å². The fraction of sp³-hybridized carbons (Fsp3) is 0.381. The van der Waals surface area contributed by atoms with Crippen molar-refractivity contribution in [2.75, 3.05) is 18.6 Å². The molecule has 2 aromatic heterocycles. The van der Waals surface area contributed by atoms with Crippen LogP contribution in [0.3, 0.4) is 0 Å². The Morgan fingerprint density at radius 2 is 2.06 bits per heavy atom. The number of nitrogens with one attached hydrogen (secondary N) is 2. The maximum Gasteiger partial charge on any atom is 0.251 e. The Bertz CT molecular complexity index is 1170. The number of benzene rings is 1. The molecule has 1 aliphatic rings. The number of hydrogen-bond donors (Lipinski definition) is 2. The lowest BCUT2D eigenvalue weighted by atomic mass is 10.1. The lowest BCUT2D eigenvalue weighted by Gasteiger charge is -2.17. The normalized spacial score (nSPS) is 15.1. The molecule has 164 valence electrons. The summed E-state index contributed by atoms with van der Waals surface area (Å²) in [6.45, 7) is 0.440. The summed E-state index contributed by atoms with van der Waals surface area (Å²) in [4.78, 5) is 13.1. The molecule has 1 amide bonds. The van der Waals surface area contributed by atoms with Crippen LogP contribution in [0.2, 0.25) is 0 Å². The number of sulfonamides is 1. The quantitative estimate of drug-likeness (QED) is 0.483. The lowest BCUT2D eigenvalue weighted by molar-refractivity contribution is 0.0933. The van der Waals surface area contributed by atoms with Gasteiger partial charge in [-0.2, -0.15) is 11.8 Å². The average molecular weight is 460 g/mol. The predicted molar refractivity (Wildman–Crippen MR) is 121 cm³/mol. The zero-order chi connectivity index (χ0) is 21.8. The van der Waals surface area contributed by atoms with Gasteiger partial charge in [0.1, 0.15) is 0 Å². The summed E-state index contributed by atoms with van der Waals surface area (Å²) >= 11 is 1.68. The Balaban J connectivity index is 1.54. The summed E-state index contributed by atoms with van der Waals surface area (Å²) in [6.07, 6.45) is 6.65. The van der Waals surface area contributed by atoms with Crippen molar-refractivity contribution in [3.63, 3.8) is 0 Å². The van der Waals surface area contributed by atoms with Crippen molar-refractivity contribution in [2.45, 2.75) is 30.2 Å². The number of aromatic nitrogens is 3. The minimum Gasteiger partial charge on any atom is -0.342 e. The smallest absolute Gasteiger partial charge is 0.251 e. The number of carbonyl (C=O) groups is 1. The molecule has 0 aliphatic heterocycles. The molecule has 4 rings (SSSR count). The summed E-state index contributed by atoms with van der Waals surface area (Å²) < 4.78 is 29.6. The van der Waals surface area contributed by atoms with Crippen LogP contribution in [0.25, 0.3) is 5.65 Å². The minimum atomic E-state index is -3.65. The van der Waals surface area contributed by atoms with Crippen LogP contribution >= 0.6 is 11.8 Å². The molecule has 1 unspecified atom stereocenters. The van der Waals surface area contributed by atoms with E-state index in [1.54, 1.807) is 23.9 Å². The number of rotatable bonds is 10. The van der Waals surface area contributed by atoms with Crippen molar-refractivity contribution in [1.29, 1.82) is 0 Å². The number of thioether (sulfide) groups is 1. The predicted octanol–water partition coefficient (Wildman–Crippen LogP) is 2.64. The summed E-state index contributed by atoms with van der Waals surface area (Å²) in [5.74, 6) is 1.55. The highest BCUT2D eigenvalue weighted by Crippen LogP contribution is 2.28. The van der Waals surface area contributed by atoms with Gasteiger partial charge in [0.2, 0.25) is 10.0 Å². The molecule has 1 saturated carbocycles. The van der Waals surface area contributed by atoms with Gasteiger partial charge in [-0.25, -0.2) is 13.1 Å². The summed E-state index contributed by atoms with van der Waals surface area (Å²) in [7, 11) is -3.65. The maximum absolute atomic E-state index is 13.0. The van der Waals surface area contributed by atoms with Gasteiger partial charge in [-0.3, -0.25) is 9.20 Å². The first-order valence-corrected chi connectivity index (χ1v) is 13.0. The zero-order valence-electron chi connectivity index (χ0n) is 17.2. The zero-order valence-corrected chi connectivity index (χ0v) is 18.8. The molecule has 10 heteroatoms. The highest BCUT2D eigenvalue weighted by Gasteiger charge is 2.25. The summed E-state index contributed by atoms with van der Waals surface area (Å²) in [5.41, 5.74) is 0.994. The molecule has 3 aromatic rings. The lowest BCUT2D eigenvalue weighted by Crippen LogP contribution is -2.31. The molecule has 1 aliphatic carbocycles. The van der Waals surface area contributed by atoms with Gasteiger partial charge in [0.25, 0.3) is 5.91 Å². The van der Waals surface area contributed by atoms with E-state index < -0.39 is 10.0 Å². The highest BCUT2D eigenvalue weighted by molar-refractivity contribution is 7.98. The number of nitrogens with zero attached hydrogens (tertiary/aromatic N) is 3. The average Bonchev–Trinajstić information content (AvgIpc) is 3.52. The van der Waals surface area contributed by atoms with E-state index in [4.69, 9.17) is 0 Å². The number of amides is 1. The van der Waals surface area contributed by atoms with Crippen LogP contribution in [0, 0.1) is 5.92 Å². The molecular weight excluding hydrogens is 434 g/mol. The van der Waals surface area contributed by atoms with Crippen LogP contribution in [0.4, 0.5) is 0 Å². The van der Waals surface area contributed by atoms with Gasteiger partial charge >= 0.3 is 0 Å². The Kier molecular flexibility index (Phi) is 6.59. The minimum absolute atomic E-state index is 0.0920. The third-order valence-electron chi connectivity index (χ3n) is 5.23. The molecule has 8 nitrogen and oxygen atoms in total. The van der Waals surface area contributed by atoms with E-state index in [1.807, 2.05) is 35.1 Å². The molecule has 1 fully saturated rings. The van der Waals surface area contributed by atoms with Crippen molar-refractivity contribution < 1.29 is 13.2 Å². The SMILES string of the molecule is CSCCC(NC(=O)c1cccc(S(=O)(=O)NCC2CC2)c1)c1nnc2ccccn12. The third kappa shape index (κ3) is 5.25. The van der Waals surface area contributed by atoms with Crippen LogP contribution < -0.4 is 10.0 Å². The molecule has 0 spiro atoms. The monoisotopic (exact) mass is 459 g/mol. The van der Waals surface area contributed by atoms with Crippen molar-refractivity contribution in [2.24, 2.45) is 5.92 Å². The third-order valence-corrected chi connectivity index (χ3v) is 7.30.